The van der Waals surface area contributed by atoms with E-state index in [0.29, 0.717) is 25.4 Å². The second-order valence-electron chi connectivity index (χ2n) is 6.45. The van der Waals surface area contributed by atoms with Gasteiger partial charge in [-0.25, -0.2) is 4.79 Å². The molecule has 0 bridgehead atoms. The Balaban J connectivity index is 1.98. The zero-order valence-corrected chi connectivity index (χ0v) is 14.0. The van der Waals surface area contributed by atoms with E-state index < -0.39 is 23.9 Å². The van der Waals surface area contributed by atoms with E-state index in [2.05, 4.69) is 10.6 Å². The maximum absolute atomic E-state index is 12.1. The fraction of sp³-hybridized carbons (Fsp3) is 0.471. The van der Waals surface area contributed by atoms with Crippen molar-refractivity contribution in [2.24, 2.45) is 11.7 Å². The summed E-state index contributed by atoms with van der Waals surface area (Å²) in [6.07, 6.45) is 0.471. The highest BCUT2D eigenvalue weighted by molar-refractivity contribution is 5.95. The number of amides is 4. The first-order valence-corrected chi connectivity index (χ1v) is 8.04. The first-order chi connectivity index (χ1) is 11.4. The van der Waals surface area contributed by atoms with E-state index in [1.54, 1.807) is 4.90 Å². The van der Waals surface area contributed by atoms with Gasteiger partial charge in [0.05, 0.1) is 12.6 Å². The van der Waals surface area contributed by atoms with Crippen LogP contribution in [-0.4, -0.2) is 41.9 Å². The third-order valence-corrected chi connectivity index (χ3v) is 3.94. The summed E-state index contributed by atoms with van der Waals surface area (Å²) < 4.78 is 0. The lowest BCUT2D eigenvalue weighted by molar-refractivity contribution is -0.127. The van der Waals surface area contributed by atoms with Gasteiger partial charge >= 0.3 is 6.03 Å². The number of carbonyl (C=O) groups is 3. The molecule has 4 N–H and O–H groups in total. The van der Waals surface area contributed by atoms with E-state index in [9.17, 15) is 14.4 Å². The van der Waals surface area contributed by atoms with Crippen molar-refractivity contribution < 1.29 is 14.4 Å². The maximum Gasteiger partial charge on any atom is 0.321 e. The number of benzene rings is 1. The Morgan fingerprint density at radius 2 is 1.92 bits per heavy atom. The fourth-order valence-electron chi connectivity index (χ4n) is 2.72. The Morgan fingerprint density at radius 1 is 1.25 bits per heavy atom. The molecule has 1 atom stereocenters. The topological polar surface area (TPSA) is 105 Å². The lowest BCUT2D eigenvalue weighted by Crippen LogP contribution is -2.53. The summed E-state index contributed by atoms with van der Waals surface area (Å²) in [5.74, 6) is -0.632. The van der Waals surface area contributed by atoms with E-state index in [1.807, 2.05) is 38.1 Å². The van der Waals surface area contributed by atoms with Crippen LogP contribution in [0.5, 0.6) is 0 Å². The van der Waals surface area contributed by atoms with Crippen LogP contribution in [0.3, 0.4) is 0 Å². The molecule has 0 saturated carbocycles. The van der Waals surface area contributed by atoms with Crippen LogP contribution in [0.4, 0.5) is 4.79 Å². The molecule has 0 fully saturated rings. The Hall–Kier alpha value is -2.41. The quantitative estimate of drug-likeness (QED) is 0.725. The molecule has 2 rings (SSSR count). The van der Waals surface area contributed by atoms with Crippen LogP contribution in [0, 0.1) is 5.92 Å². The van der Waals surface area contributed by atoms with Crippen LogP contribution in [0.2, 0.25) is 0 Å². The third kappa shape index (κ3) is 4.79. The van der Waals surface area contributed by atoms with Gasteiger partial charge in [0.25, 0.3) is 0 Å². The zero-order chi connectivity index (χ0) is 17.7. The van der Waals surface area contributed by atoms with Crippen molar-refractivity contribution in [3.05, 3.63) is 35.4 Å². The summed E-state index contributed by atoms with van der Waals surface area (Å²) in [6.45, 7) is 4.80. The molecular weight excluding hydrogens is 308 g/mol. The highest BCUT2D eigenvalue weighted by Crippen LogP contribution is 2.22. The summed E-state index contributed by atoms with van der Waals surface area (Å²) >= 11 is 0. The molecule has 7 heteroatoms. The van der Waals surface area contributed by atoms with Crippen molar-refractivity contribution in [2.45, 2.75) is 32.9 Å². The van der Waals surface area contributed by atoms with Crippen molar-refractivity contribution in [3.8, 4) is 0 Å². The minimum Gasteiger partial charge on any atom is -0.368 e. The molecule has 4 amide bonds. The average molecular weight is 332 g/mol. The number of carbonyl (C=O) groups excluding carboxylic acids is 3. The Labute approximate surface area is 141 Å². The van der Waals surface area contributed by atoms with Crippen molar-refractivity contribution >= 4 is 17.8 Å². The van der Waals surface area contributed by atoms with Gasteiger partial charge in [0, 0.05) is 13.1 Å². The molecule has 1 heterocycles. The number of nitrogens with one attached hydrogen (secondary N) is 2. The van der Waals surface area contributed by atoms with Gasteiger partial charge in [0.2, 0.25) is 11.8 Å². The normalized spacial score (nSPS) is 17.2. The monoisotopic (exact) mass is 332 g/mol. The minimum absolute atomic E-state index is 0.0585. The van der Waals surface area contributed by atoms with Gasteiger partial charge in [0.15, 0.2) is 0 Å². The van der Waals surface area contributed by atoms with Gasteiger partial charge in [-0.05, 0) is 23.5 Å². The number of primary amides is 1. The summed E-state index contributed by atoms with van der Waals surface area (Å²) in [5, 5.41) is 4.90. The van der Waals surface area contributed by atoms with Crippen molar-refractivity contribution in [1.82, 2.24) is 15.5 Å². The number of rotatable bonds is 5. The molecule has 1 aromatic rings. The van der Waals surface area contributed by atoms with Gasteiger partial charge in [-0.15, -0.1) is 0 Å². The van der Waals surface area contributed by atoms with Crippen molar-refractivity contribution in [2.75, 3.05) is 13.1 Å². The van der Waals surface area contributed by atoms with E-state index in [1.165, 1.54) is 0 Å². The zero-order valence-electron chi connectivity index (χ0n) is 14.0. The molecule has 0 radical (unpaired) electrons. The number of hydrogen-bond acceptors (Lipinski definition) is 4. The fourth-order valence-corrected chi connectivity index (χ4v) is 2.72. The number of fused-ring (bicyclic) bond motifs is 1. The van der Waals surface area contributed by atoms with E-state index in [0.717, 1.165) is 11.1 Å². The van der Waals surface area contributed by atoms with Crippen molar-refractivity contribution in [1.29, 1.82) is 0 Å². The molecule has 0 aliphatic carbocycles. The predicted octanol–water partition coefficient (Wildman–Crippen LogP) is 0.380. The molecule has 130 valence electrons. The number of urea groups is 1. The standard InChI is InChI=1S/C17H24N4O3/c1-11(2)8-19-17(24)20-15(22)10-21-9-13-6-4-3-5-12(13)7-14(21)16(18)23/h3-6,11,14H,7-10H2,1-2H3,(H2,18,23)(H2,19,20,22,24)/t14-/m0/s1. The van der Waals surface area contributed by atoms with Crippen LogP contribution in [0.1, 0.15) is 25.0 Å². The van der Waals surface area contributed by atoms with Crippen molar-refractivity contribution in [3.63, 3.8) is 0 Å². The lowest BCUT2D eigenvalue weighted by atomic mass is 9.93. The van der Waals surface area contributed by atoms with Gasteiger partial charge in [-0.3, -0.25) is 19.8 Å². The summed E-state index contributed by atoms with van der Waals surface area (Å²) in [7, 11) is 0. The molecular formula is C17H24N4O3. The average Bonchev–Trinajstić information content (AvgIpc) is 2.52. The third-order valence-electron chi connectivity index (χ3n) is 3.94. The molecule has 0 spiro atoms. The van der Waals surface area contributed by atoms with Crippen LogP contribution in [-0.2, 0) is 22.6 Å². The molecule has 0 unspecified atom stereocenters. The van der Waals surface area contributed by atoms with E-state index >= 15 is 0 Å². The van der Waals surface area contributed by atoms with Crippen LogP contribution in [0.25, 0.3) is 0 Å². The van der Waals surface area contributed by atoms with Gasteiger partial charge in [0.1, 0.15) is 0 Å². The Morgan fingerprint density at radius 3 is 2.54 bits per heavy atom. The molecule has 0 saturated heterocycles. The van der Waals surface area contributed by atoms with Gasteiger partial charge < -0.3 is 11.1 Å². The smallest absolute Gasteiger partial charge is 0.321 e. The SMILES string of the molecule is CC(C)CNC(=O)NC(=O)CN1Cc2ccccc2C[C@H]1C(N)=O. The Kier molecular flexibility index (Phi) is 5.92. The summed E-state index contributed by atoms with van der Waals surface area (Å²) in [5.41, 5.74) is 7.61. The number of imide groups is 1. The van der Waals surface area contributed by atoms with E-state index in [4.69, 9.17) is 5.73 Å². The summed E-state index contributed by atoms with van der Waals surface area (Å²) in [4.78, 5) is 37.2. The molecule has 24 heavy (non-hydrogen) atoms. The molecule has 1 aromatic carbocycles. The number of nitrogens with zero attached hydrogens (tertiary/aromatic N) is 1. The molecule has 0 aromatic heterocycles. The van der Waals surface area contributed by atoms with Gasteiger partial charge in [-0.1, -0.05) is 38.1 Å². The number of nitrogens with two attached hydrogens (primary N) is 1. The molecule has 1 aliphatic rings. The van der Waals surface area contributed by atoms with E-state index in [-0.39, 0.29) is 6.54 Å². The summed E-state index contributed by atoms with van der Waals surface area (Å²) in [6, 6.07) is 6.68. The highest BCUT2D eigenvalue weighted by Gasteiger charge is 2.31. The number of hydrogen-bond donors (Lipinski definition) is 3. The van der Waals surface area contributed by atoms with Gasteiger partial charge in [-0.2, -0.15) is 0 Å². The second kappa shape index (κ2) is 7.92. The molecule has 1 aliphatic heterocycles. The second-order valence-corrected chi connectivity index (χ2v) is 6.45. The van der Waals surface area contributed by atoms with Crippen LogP contribution >= 0.6 is 0 Å². The molecule has 7 nitrogen and oxygen atoms in total. The van der Waals surface area contributed by atoms with Crippen LogP contribution < -0.4 is 16.4 Å². The first kappa shape index (κ1) is 17.9. The lowest BCUT2D eigenvalue weighted by Gasteiger charge is -2.34. The maximum atomic E-state index is 12.1. The minimum atomic E-state index is -0.552. The predicted molar refractivity (Wildman–Crippen MR) is 89.9 cm³/mol. The van der Waals surface area contributed by atoms with Crippen LogP contribution in [0.15, 0.2) is 24.3 Å². The Bertz CT molecular complexity index is 630. The first-order valence-electron chi connectivity index (χ1n) is 8.04. The highest BCUT2D eigenvalue weighted by atomic mass is 16.2. The largest absolute Gasteiger partial charge is 0.368 e.